The Labute approximate surface area is 364 Å². The van der Waals surface area contributed by atoms with Crippen LogP contribution < -0.4 is 0 Å². The minimum atomic E-state index is -0.620. The molecule has 2 aromatic heterocycles. The summed E-state index contributed by atoms with van der Waals surface area (Å²) in [6, 6.07) is 80.3. The smallest absolute Gasteiger partial charge is 0.164 e. The predicted octanol–water partition coefficient (Wildman–Crippen LogP) is 14.9. The van der Waals surface area contributed by atoms with E-state index in [1.807, 2.05) is 17.4 Å². The number of thiophene rings is 1. The maximum absolute atomic E-state index is 5.42. The zero-order valence-electron chi connectivity index (χ0n) is 33.6. The standard InChI is InChI=1S/C58H37N3S/c1-4-16-38(17-5-1)39-30-34-41(35-31-39)55-59-56(42-36-32-40(33-37-42)45-24-14-26-49-47-23-11-13-29-52(47)62-54(45)49)61-57(60-55)50-27-15-25-48-46-22-10-12-28-51(46)58(53(48)50,43-18-6-2-7-19-43)44-20-8-3-9-21-44/h1-37H. The zero-order valence-corrected chi connectivity index (χ0v) is 34.4. The van der Waals surface area contributed by atoms with Crippen LogP contribution in [0.1, 0.15) is 22.3 Å². The van der Waals surface area contributed by atoms with E-state index in [-0.39, 0.29) is 0 Å². The van der Waals surface area contributed by atoms with Crippen molar-refractivity contribution in [1.82, 2.24) is 15.0 Å². The molecule has 2 heterocycles. The number of hydrogen-bond donors (Lipinski definition) is 0. The molecular formula is C58H37N3S. The van der Waals surface area contributed by atoms with Crippen LogP contribution in [0.5, 0.6) is 0 Å². The molecule has 11 aromatic rings. The molecule has 1 aliphatic rings. The lowest BCUT2D eigenvalue weighted by atomic mass is 9.66. The van der Waals surface area contributed by atoms with Gasteiger partial charge in [0, 0.05) is 36.9 Å². The van der Waals surface area contributed by atoms with Gasteiger partial charge in [-0.1, -0.05) is 218 Å². The largest absolute Gasteiger partial charge is 0.208 e. The molecular weight excluding hydrogens is 771 g/mol. The van der Waals surface area contributed by atoms with E-state index in [9.17, 15) is 0 Å². The van der Waals surface area contributed by atoms with Crippen molar-refractivity contribution >= 4 is 31.5 Å². The van der Waals surface area contributed by atoms with E-state index in [1.54, 1.807) is 0 Å². The highest BCUT2D eigenvalue weighted by atomic mass is 32.1. The van der Waals surface area contributed by atoms with Crippen LogP contribution in [0.3, 0.4) is 0 Å². The molecule has 0 aliphatic heterocycles. The number of benzene rings is 9. The highest BCUT2D eigenvalue weighted by Crippen LogP contribution is 2.58. The van der Waals surface area contributed by atoms with E-state index >= 15 is 0 Å². The first kappa shape index (κ1) is 36.1. The Hall–Kier alpha value is -7.79. The van der Waals surface area contributed by atoms with Gasteiger partial charge in [-0.25, -0.2) is 15.0 Å². The first-order valence-corrected chi connectivity index (χ1v) is 21.8. The SMILES string of the molecule is c1ccc(-c2ccc(-c3nc(-c4ccc(-c5cccc6c5sc5ccccc56)cc4)nc(-c4cccc5c4C(c4ccccc4)(c4ccccc4)c4ccccc4-5)n3)cc2)cc1. The fraction of sp³-hybridized carbons (Fsp3) is 0.0172. The van der Waals surface area contributed by atoms with Gasteiger partial charge >= 0.3 is 0 Å². The molecule has 9 aromatic carbocycles. The van der Waals surface area contributed by atoms with E-state index < -0.39 is 5.41 Å². The van der Waals surface area contributed by atoms with Gasteiger partial charge in [0.2, 0.25) is 0 Å². The van der Waals surface area contributed by atoms with E-state index in [0.29, 0.717) is 17.5 Å². The molecule has 62 heavy (non-hydrogen) atoms. The molecule has 0 amide bonds. The van der Waals surface area contributed by atoms with E-state index in [0.717, 1.165) is 27.8 Å². The van der Waals surface area contributed by atoms with Gasteiger partial charge in [-0.15, -0.1) is 11.3 Å². The Bertz CT molecular complexity index is 3390. The molecule has 12 rings (SSSR count). The predicted molar refractivity (Wildman–Crippen MR) is 257 cm³/mol. The third-order valence-corrected chi connectivity index (χ3v) is 13.7. The molecule has 4 heteroatoms. The third kappa shape index (κ3) is 5.76. The summed E-state index contributed by atoms with van der Waals surface area (Å²) in [6.07, 6.45) is 0. The van der Waals surface area contributed by atoms with Gasteiger partial charge in [0.15, 0.2) is 17.5 Å². The van der Waals surface area contributed by atoms with Crippen molar-refractivity contribution < 1.29 is 0 Å². The van der Waals surface area contributed by atoms with Crippen molar-refractivity contribution in [2.75, 3.05) is 0 Å². The monoisotopic (exact) mass is 807 g/mol. The molecule has 290 valence electrons. The number of rotatable bonds is 7. The van der Waals surface area contributed by atoms with Crippen LogP contribution in [0, 0.1) is 0 Å². The lowest BCUT2D eigenvalue weighted by molar-refractivity contribution is 0.769. The Morgan fingerprint density at radius 2 is 0.774 bits per heavy atom. The summed E-state index contributed by atoms with van der Waals surface area (Å²) in [7, 11) is 0. The maximum Gasteiger partial charge on any atom is 0.164 e. The van der Waals surface area contributed by atoms with Crippen LogP contribution in [0.25, 0.3) is 87.7 Å². The summed E-state index contributed by atoms with van der Waals surface area (Å²) >= 11 is 1.85. The highest BCUT2D eigenvalue weighted by molar-refractivity contribution is 7.26. The van der Waals surface area contributed by atoms with Crippen LogP contribution >= 0.6 is 11.3 Å². The average molecular weight is 808 g/mol. The Kier molecular flexibility index (Phi) is 8.58. The lowest BCUT2D eigenvalue weighted by Crippen LogP contribution is -2.29. The quantitative estimate of drug-likeness (QED) is 0.161. The van der Waals surface area contributed by atoms with Gasteiger partial charge in [-0.3, -0.25) is 0 Å². The average Bonchev–Trinajstić information content (AvgIpc) is 3.89. The normalized spacial score (nSPS) is 12.6. The second-order valence-corrected chi connectivity index (χ2v) is 16.9. The van der Waals surface area contributed by atoms with Crippen molar-refractivity contribution in [1.29, 1.82) is 0 Å². The molecule has 0 saturated carbocycles. The Morgan fingerprint density at radius 1 is 0.306 bits per heavy atom. The molecule has 0 atom stereocenters. The molecule has 0 N–H and O–H groups in total. The molecule has 0 unspecified atom stereocenters. The number of nitrogens with zero attached hydrogens (tertiary/aromatic N) is 3. The zero-order chi connectivity index (χ0) is 41.0. The summed E-state index contributed by atoms with van der Waals surface area (Å²) in [5.41, 5.74) is 14.1. The first-order chi connectivity index (χ1) is 30.7. The number of fused-ring (bicyclic) bond motifs is 6. The summed E-state index contributed by atoms with van der Waals surface area (Å²) in [5, 5.41) is 2.59. The fourth-order valence-electron chi connectivity index (χ4n) is 9.66. The van der Waals surface area contributed by atoms with E-state index in [1.165, 1.54) is 64.7 Å². The summed E-state index contributed by atoms with van der Waals surface area (Å²) < 4.78 is 2.59. The number of hydrogen-bond acceptors (Lipinski definition) is 4. The molecule has 0 spiro atoms. The van der Waals surface area contributed by atoms with Gasteiger partial charge in [0.25, 0.3) is 0 Å². The van der Waals surface area contributed by atoms with Gasteiger partial charge in [0.05, 0.1) is 5.41 Å². The van der Waals surface area contributed by atoms with Gasteiger partial charge in [0.1, 0.15) is 0 Å². The van der Waals surface area contributed by atoms with Gasteiger partial charge < -0.3 is 0 Å². The second kappa shape index (κ2) is 14.7. The third-order valence-electron chi connectivity index (χ3n) is 12.5. The van der Waals surface area contributed by atoms with E-state index in [2.05, 4.69) is 218 Å². The summed E-state index contributed by atoms with van der Waals surface area (Å²) in [6.45, 7) is 0. The Morgan fingerprint density at radius 3 is 1.47 bits per heavy atom. The Balaban J connectivity index is 1.06. The van der Waals surface area contributed by atoms with E-state index in [4.69, 9.17) is 15.0 Å². The molecule has 0 fully saturated rings. The highest BCUT2D eigenvalue weighted by Gasteiger charge is 2.47. The van der Waals surface area contributed by atoms with Crippen molar-refractivity contribution in [2.24, 2.45) is 0 Å². The molecule has 0 radical (unpaired) electrons. The van der Waals surface area contributed by atoms with Crippen LogP contribution in [0.2, 0.25) is 0 Å². The maximum atomic E-state index is 5.42. The molecule has 3 nitrogen and oxygen atoms in total. The van der Waals surface area contributed by atoms with Crippen molar-refractivity contribution in [2.45, 2.75) is 5.41 Å². The fourth-order valence-corrected chi connectivity index (χ4v) is 10.9. The first-order valence-electron chi connectivity index (χ1n) is 21.0. The van der Waals surface area contributed by atoms with Crippen LogP contribution in [0.4, 0.5) is 0 Å². The van der Waals surface area contributed by atoms with Crippen LogP contribution in [0.15, 0.2) is 224 Å². The molecule has 1 aliphatic carbocycles. The second-order valence-electron chi connectivity index (χ2n) is 15.9. The van der Waals surface area contributed by atoms with Gasteiger partial charge in [-0.2, -0.15) is 0 Å². The summed E-state index contributed by atoms with van der Waals surface area (Å²) in [5.74, 6) is 1.89. The minimum Gasteiger partial charge on any atom is -0.208 e. The lowest BCUT2D eigenvalue weighted by Gasteiger charge is -2.35. The topological polar surface area (TPSA) is 38.7 Å². The molecule has 0 bridgehead atoms. The van der Waals surface area contributed by atoms with Crippen molar-refractivity contribution in [3.8, 4) is 67.5 Å². The summed E-state index contributed by atoms with van der Waals surface area (Å²) in [4.78, 5) is 16.1. The van der Waals surface area contributed by atoms with Gasteiger partial charge in [-0.05, 0) is 61.7 Å². The molecule has 0 saturated heterocycles. The number of aromatic nitrogens is 3. The van der Waals surface area contributed by atoms with Crippen LogP contribution in [-0.4, -0.2) is 15.0 Å². The van der Waals surface area contributed by atoms with Crippen molar-refractivity contribution in [3.63, 3.8) is 0 Å². The minimum absolute atomic E-state index is 0.620. The van der Waals surface area contributed by atoms with Crippen molar-refractivity contribution in [3.05, 3.63) is 247 Å². The van der Waals surface area contributed by atoms with Crippen LogP contribution in [-0.2, 0) is 5.41 Å².